The molecule has 0 unspecified atom stereocenters. The molecule has 3 N–H and O–H groups in total. The van der Waals surface area contributed by atoms with Crippen molar-refractivity contribution in [1.29, 1.82) is 0 Å². The van der Waals surface area contributed by atoms with Gasteiger partial charge in [0, 0.05) is 22.8 Å². The smallest absolute Gasteiger partial charge is 0.248 e. The number of halogens is 2. The van der Waals surface area contributed by atoms with Crippen LogP contribution in [0.15, 0.2) is 42.5 Å². The Morgan fingerprint density at radius 2 is 1.89 bits per heavy atom. The van der Waals surface area contributed by atoms with Crippen LogP contribution in [0.25, 0.3) is 0 Å². The number of carbonyl (C=O) groups is 1. The summed E-state index contributed by atoms with van der Waals surface area (Å²) in [5, 5.41) is 3.39. The Morgan fingerprint density at radius 3 is 2.47 bits per heavy atom. The second-order valence-corrected chi connectivity index (χ2v) is 4.51. The highest BCUT2D eigenvalue weighted by Crippen LogP contribution is 2.18. The van der Waals surface area contributed by atoms with Crippen molar-refractivity contribution in [3.05, 3.63) is 64.4 Å². The van der Waals surface area contributed by atoms with E-state index >= 15 is 0 Å². The van der Waals surface area contributed by atoms with E-state index in [1.165, 1.54) is 12.1 Å². The largest absolute Gasteiger partial charge is 0.381 e. The first-order chi connectivity index (χ1) is 9.04. The van der Waals surface area contributed by atoms with Crippen molar-refractivity contribution in [2.45, 2.75) is 6.54 Å². The molecule has 3 nitrogen and oxygen atoms in total. The van der Waals surface area contributed by atoms with Crippen LogP contribution in [-0.2, 0) is 6.54 Å². The van der Waals surface area contributed by atoms with Gasteiger partial charge in [-0.3, -0.25) is 4.79 Å². The molecule has 0 aromatic heterocycles. The van der Waals surface area contributed by atoms with Crippen molar-refractivity contribution < 1.29 is 9.18 Å². The van der Waals surface area contributed by atoms with Crippen LogP contribution < -0.4 is 11.1 Å². The second kappa shape index (κ2) is 5.71. The van der Waals surface area contributed by atoms with E-state index in [4.69, 9.17) is 17.3 Å². The Kier molecular flexibility index (Phi) is 4.02. The normalized spacial score (nSPS) is 10.2. The molecule has 0 aliphatic carbocycles. The number of anilines is 1. The molecule has 2 rings (SSSR count). The van der Waals surface area contributed by atoms with Gasteiger partial charge in [-0.2, -0.15) is 0 Å². The van der Waals surface area contributed by atoms with Crippen molar-refractivity contribution in [2.24, 2.45) is 5.73 Å². The molecule has 0 saturated heterocycles. The van der Waals surface area contributed by atoms with Crippen LogP contribution in [0.2, 0.25) is 5.02 Å². The fraction of sp³-hybridized carbons (Fsp3) is 0.0714. The molecule has 2 aromatic rings. The van der Waals surface area contributed by atoms with Crippen LogP contribution >= 0.6 is 11.6 Å². The highest BCUT2D eigenvalue weighted by Gasteiger charge is 2.01. The molecule has 19 heavy (non-hydrogen) atoms. The first kappa shape index (κ1) is 13.4. The lowest BCUT2D eigenvalue weighted by molar-refractivity contribution is 0.100. The van der Waals surface area contributed by atoms with Gasteiger partial charge in [0.2, 0.25) is 5.91 Å². The molecule has 0 aliphatic heterocycles. The predicted octanol–water partition coefficient (Wildman–Crippen LogP) is 3.19. The Labute approximate surface area is 115 Å². The maximum Gasteiger partial charge on any atom is 0.248 e. The number of amides is 1. The summed E-state index contributed by atoms with van der Waals surface area (Å²) < 4.78 is 13.1. The summed E-state index contributed by atoms with van der Waals surface area (Å²) in [6.07, 6.45) is 0. The third kappa shape index (κ3) is 3.69. The summed E-state index contributed by atoms with van der Waals surface area (Å²) >= 11 is 5.76. The summed E-state index contributed by atoms with van der Waals surface area (Å²) in [5.41, 5.74) is 7.16. The average Bonchev–Trinajstić information content (AvgIpc) is 2.36. The van der Waals surface area contributed by atoms with Crippen LogP contribution in [-0.4, -0.2) is 5.91 Å². The van der Waals surface area contributed by atoms with Crippen LogP contribution in [0.4, 0.5) is 10.1 Å². The number of rotatable bonds is 4. The van der Waals surface area contributed by atoms with Crippen LogP contribution in [0, 0.1) is 5.82 Å². The minimum Gasteiger partial charge on any atom is -0.381 e. The summed E-state index contributed by atoms with van der Waals surface area (Å²) in [5.74, 6) is -0.851. The van der Waals surface area contributed by atoms with Crippen LogP contribution in [0.1, 0.15) is 15.9 Å². The zero-order chi connectivity index (χ0) is 13.8. The zero-order valence-corrected chi connectivity index (χ0v) is 10.7. The quantitative estimate of drug-likeness (QED) is 0.902. The summed E-state index contributed by atoms with van der Waals surface area (Å²) in [6, 6.07) is 11.1. The van der Waals surface area contributed by atoms with E-state index in [1.807, 2.05) is 0 Å². The van der Waals surface area contributed by atoms with Gasteiger partial charge in [-0.05, 0) is 35.9 Å². The molecule has 0 spiro atoms. The topological polar surface area (TPSA) is 55.1 Å². The number of primary amides is 1. The van der Waals surface area contributed by atoms with E-state index in [-0.39, 0.29) is 5.82 Å². The maximum atomic E-state index is 13.1. The van der Waals surface area contributed by atoms with Crippen molar-refractivity contribution >= 4 is 23.2 Å². The molecule has 0 aliphatic rings. The lowest BCUT2D eigenvalue weighted by Crippen LogP contribution is -2.10. The summed E-state index contributed by atoms with van der Waals surface area (Å²) in [4.78, 5) is 10.9. The molecular formula is C14H12ClFN2O. The van der Waals surface area contributed by atoms with Gasteiger partial charge in [0.05, 0.1) is 0 Å². The maximum absolute atomic E-state index is 13.1. The first-order valence-corrected chi connectivity index (χ1v) is 6.01. The Balaban J connectivity index is 2.03. The van der Waals surface area contributed by atoms with Crippen molar-refractivity contribution in [3.8, 4) is 0 Å². The molecule has 0 saturated carbocycles. The van der Waals surface area contributed by atoms with Gasteiger partial charge in [-0.1, -0.05) is 23.7 Å². The number of carbonyl (C=O) groups excluding carboxylic acids is 1. The summed E-state index contributed by atoms with van der Waals surface area (Å²) in [6.45, 7) is 0.499. The molecule has 0 fully saturated rings. The molecule has 0 radical (unpaired) electrons. The highest BCUT2D eigenvalue weighted by atomic mass is 35.5. The van der Waals surface area contributed by atoms with E-state index in [0.29, 0.717) is 22.8 Å². The van der Waals surface area contributed by atoms with Crippen molar-refractivity contribution in [2.75, 3.05) is 5.32 Å². The fourth-order valence-corrected chi connectivity index (χ4v) is 1.87. The van der Waals surface area contributed by atoms with Gasteiger partial charge in [-0.25, -0.2) is 4.39 Å². The van der Waals surface area contributed by atoms with E-state index in [2.05, 4.69) is 5.32 Å². The molecular weight excluding hydrogens is 267 g/mol. The molecule has 0 bridgehead atoms. The molecule has 98 valence electrons. The minimum absolute atomic E-state index is 0.339. The molecule has 1 amide bonds. The predicted molar refractivity (Wildman–Crippen MR) is 73.7 cm³/mol. The third-order valence-corrected chi connectivity index (χ3v) is 2.82. The van der Waals surface area contributed by atoms with Gasteiger partial charge >= 0.3 is 0 Å². The van der Waals surface area contributed by atoms with E-state index < -0.39 is 5.91 Å². The van der Waals surface area contributed by atoms with E-state index in [9.17, 15) is 9.18 Å². The van der Waals surface area contributed by atoms with Gasteiger partial charge in [0.25, 0.3) is 0 Å². The standard InChI is InChI=1S/C14H12ClFN2O/c15-11-5-12(16)7-13(6-11)18-8-9-1-3-10(4-2-9)14(17)19/h1-7,18H,8H2,(H2,17,19). The third-order valence-electron chi connectivity index (χ3n) is 2.60. The Morgan fingerprint density at radius 1 is 1.21 bits per heavy atom. The molecule has 0 heterocycles. The lowest BCUT2D eigenvalue weighted by Gasteiger charge is -2.07. The number of hydrogen-bond acceptors (Lipinski definition) is 2. The second-order valence-electron chi connectivity index (χ2n) is 4.07. The monoisotopic (exact) mass is 278 g/mol. The van der Waals surface area contributed by atoms with Gasteiger partial charge in [0.1, 0.15) is 5.82 Å². The zero-order valence-electron chi connectivity index (χ0n) is 9.99. The highest BCUT2D eigenvalue weighted by molar-refractivity contribution is 6.30. The average molecular weight is 279 g/mol. The fourth-order valence-electron chi connectivity index (χ4n) is 1.65. The molecule has 0 atom stereocenters. The number of nitrogens with two attached hydrogens (primary N) is 1. The van der Waals surface area contributed by atoms with Crippen LogP contribution in [0.3, 0.4) is 0 Å². The number of benzene rings is 2. The van der Waals surface area contributed by atoms with Crippen molar-refractivity contribution in [1.82, 2.24) is 0 Å². The lowest BCUT2D eigenvalue weighted by atomic mass is 10.1. The van der Waals surface area contributed by atoms with E-state index in [0.717, 1.165) is 5.56 Å². The van der Waals surface area contributed by atoms with Gasteiger partial charge in [-0.15, -0.1) is 0 Å². The SMILES string of the molecule is NC(=O)c1ccc(CNc2cc(F)cc(Cl)c2)cc1. The number of nitrogens with one attached hydrogen (secondary N) is 1. The Hall–Kier alpha value is -2.07. The first-order valence-electron chi connectivity index (χ1n) is 5.63. The van der Waals surface area contributed by atoms with Gasteiger partial charge < -0.3 is 11.1 Å². The Bertz CT molecular complexity index is 579. The number of hydrogen-bond donors (Lipinski definition) is 2. The summed E-state index contributed by atoms with van der Waals surface area (Å²) in [7, 11) is 0. The van der Waals surface area contributed by atoms with Crippen molar-refractivity contribution in [3.63, 3.8) is 0 Å². The van der Waals surface area contributed by atoms with Gasteiger partial charge in [0.15, 0.2) is 0 Å². The minimum atomic E-state index is -0.462. The van der Waals surface area contributed by atoms with E-state index in [1.54, 1.807) is 30.3 Å². The molecule has 5 heteroatoms. The molecule has 2 aromatic carbocycles. The van der Waals surface area contributed by atoms with Crippen LogP contribution in [0.5, 0.6) is 0 Å².